The second-order valence-corrected chi connectivity index (χ2v) is 18.8. The van der Waals surface area contributed by atoms with E-state index >= 15 is 0 Å². The normalized spacial score (nSPS) is 59.5. The van der Waals surface area contributed by atoms with Crippen molar-refractivity contribution in [2.75, 3.05) is 19.8 Å². The van der Waals surface area contributed by atoms with Crippen molar-refractivity contribution in [3.05, 3.63) is 0 Å². The number of rotatable bonds is 6. The summed E-state index contributed by atoms with van der Waals surface area (Å²) in [7, 11) is 0. The molecule has 4 aliphatic heterocycles. The summed E-state index contributed by atoms with van der Waals surface area (Å²) >= 11 is 0. The summed E-state index contributed by atoms with van der Waals surface area (Å²) in [6.45, 7) is 9.00. The van der Waals surface area contributed by atoms with Gasteiger partial charge in [-0.1, -0.05) is 27.7 Å². The number of aliphatic hydroxyl groups is 8. The molecule has 14 nitrogen and oxygen atoms in total. The number of aliphatic hydroxyl groups excluding tert-OH is 8. The third kappa shape index (κ3) is 6.20. The van der Waals surface area contributed by atoms with E-state index in [0.29, 0.717) is 42.9 Å². The molecule has 23 atom stereocenters. The third-order valence-electron chi connectivity index (χ3n) is 16.2. The molecule has 0 aromatic rings. The Morgan fingerprint density at radius 1 is 0.642 bits per heavy atom. The van der Waals surface area contributed by atoms with E-state index in [0.717, 1.165) is 45.1 Å². The zero-order valence-electron chi connectivity index (χ0n) is 31.6. The lowest BCUT2D eigenvalue weighted by molar-refractivity contribution is -0.335. The van der Waals surface area contributed by atoms with Crippen LogP contribution in [-0.2, 0) is 28.4 Å². The molecule has 0 bridgehead atoms. The highest BCUT2D eigenvalue weighted by Crippen LogP contribution is 2.71. The van der Waals surface area contributed by atoms with Crippen LogP contribution in [0.15, 0.2) is 0 Å². The van der Waals surface area contributed by atoms with Gasteiger partial charge in [0.05, 0.1) is 38.1 Å². The standard InChI is InChI=1S/C39H64O14/c1-17-5-10-39(48-16-17)18(2)28-25(53-39)13-22-20-12-24(50-36-34(47)32(45)30(43)27(15-41)52-36)23-11-19(6-8-37(23,3)21(20)7-9-38(22,28)4)49-35-33(46)31(44)29(42)26(14-40)51-35/h17-36,40-47H,5-16H2,1-4H3/t17-,18-,19-,20-,21-,22+,23+,24-,25-,26+,27+,28-,29+,30+,31-,32-,33+,34+,35+,36+,37-,38+,39-/m1/s1. The Bertz CT molecular complexity index is 1290. The second kappa shape index (κ2) is 14.4. The summed E-state index contributed by atoms with van der Waals surface area (Å²) in [6.07, 6.45) is -6.84. The van der Waals surface area contributed by atoms with Crippen LogP contribution in [0.2, 0.25) is 0 Å². The summed E-state index contributed by atoms with van der Waals surface area (Å²) in [5.74, 6) is 1.62. The predicted molar refractivity (Wildman–Crippen MR) is 184 cm³/mol. The first-order chi connectivity index (χ1) is 25.2. The van der Waals surface area contributed by atoms with Crippen molar-refractivity contribution in [3.8, 4) is 0 Å². The first kappa shape index (κ1) is 39.3. The van der Waals surface area contributed by atoms with Crippen LogP contribution in [0.3, 0.4) is 0 Å². The number of fused-ring (bicyclic) bond motifs is 7. The van der Waals surface area contributed by atoms with Crippen LogP contribution in [0.1, 0.15) is 85.5 Å². The summed E-state index contributed by atoms with van der Waals surface area (Å²) < 4.78 is 38.3. The van der Waals surface area contributed by atoms with Gasteiger partial charge >= 0.3 is 0 Å². The van der Waals surface area contributed by atoms with Crippen LogP contribution in [0.4, 0.5) is 0 Å². The highest BCUT2D eigenvalue weighted by molar-refractivity contribution is 5.16. The first-order valence-corrected chi connectivity index (χ1v) is 20.4. The van der Waals surface area contributed by atoms with Gasteiger partial charge in [0.1, 0.15) is 48.8 Å². The fourth-order valence-electron chi connectivity index (χ4n) is 13.2. The van der Waals surface area contributed by atoms with Crippen LogP contribution in [0.5, 0.6) is 0 Å². The van der Waals surface area contributed by atoms with E-state index in [-0.39, 0.29) is 34.7 Å². The van der Waals surface area contributed by atoms with Gasteiger partial charge in [0.25, 0.3) is 0 Å². The van der Waals surface area contributed by atoms with E-state index in [1.54, 1.807) is 0 Å². The minimum atomic E-state index is -1.56. The largest absolute Gasteiger partial charge is 0.394 e. The van der Waals surface area contributed by atoms with Gasteiger partial charge in [0, 0.05) is 12.3 Å². The highest BCUT2D eigenvalue weighted by Gasteiger charge is 2.70. The van der Waals surface area contributed by atoms with Crippen molar-refractivity contribution >= 4 is 0 Å². The zero-order chi connectivity index (χ0) is 37.8. The minimum Gasteiger partial charge on any atom is -0.394 e. The monoisotopic (exact) mass is 756 g/mol. The van der Waals surface area contributed by atoms with E-state index in [1.165, 1.54) is 0 Å². The topological polar surface area (TPSA) is 217 Å². The lowest BCUT2D eigenvalue weighted by Gasteiger charge is -2.63. The average molecular weight is 757 g/mol. The molecular formula is C39H64O14. The molecule has 8 fully saturated rings. The van der Waals surface area contributed by atoms with Crippen LogP contribution >= 0.6 is 0 Å². The number of hydrogen-bond acceptors (Lipinski definition) is 14. The Morgan fingerprint density at radius 3 is 1.87 bits per heavy atom. The van der Waals surface area contributed by atoms with Gasteiger partial charge < -0.3 is 69.3 Å². The smallest absolute Gasteiger partial charge is 0.186 e. The summed E-state index contributed by atoms with van der Waals surface area (Å²) in [4.78, 5) is 0. The number of ether oxygens (including phenoxy) is 6. The molecule has 8 N–H and O–H groups in total. The lowest BCUT2D eigenvalue weighted by atomic mass is 9.43. The van der Waals surface area contributed by atoms with Crippen LogP contribution < -0.4 is 0 Å². The Labute approximate surface area is 312 Å². The quantitative estimate of drug-likeness (QED) is 0.173. The van der Waals surface area contributed by atoms with Crippen LogP contribution in [0.25, 0.3) is 0 Å². The van der Waals surface area contributed by atoms with Crippen molar-refractivity contribution in [2.45, 2.75) is 171 Å². The van der Waals surface area contributed by atoms with Crippen molar-refractivity contribution in [1.82, 2.24) is 0 Å². The highest BCUT2D eigenvalue weighted by atomic mass is 16.7. The fraction of sp³-hybridized carbons (Fsp3) is 1.00. The Kier molecular flexibility index (Phi) is 10.6. The van der Waals surface area contributed by atoms with Gasteiger partial charge in [-0.25, -0.2) is 0 Å². The summed E-state index contributed by atoms with van der Waals surface area (Å²) in [5.41, 5.74) is -0.159. The van der Waals surface area contributed by atoms with Gasteiger partial charge in [-0.05, 0) is 97.7 Å². The molecular weight excluding hydrogens is 692 g/mol. The molecule has 0 amide bonds. The number of hydrogen-bond donors (Lipinski definition) is 8. The fourth-order valence-corrected chi connectivity index (χ4v) is 13.2. The van der Waals surface area contributed by atoms with E-state index < -0.39 is 92.6 Å². The molecule has 4 saturated carbocycles. The van der Waals surface area contributed by atoms with Gasteiger partial charge in [-0.3, -0.25) is 0 Å². The molecule has 8 rings (SSSR count). The van der Waals surface area contributed by atoms with Gasteiger partial charge in [-0.2, -0.15) is 0 Å². The average Bonchev–Trinajstić information content (AvgIpc) is 3.59. The van der Waals surface area contributed by atoms with E-state index in [1.807, 2.05) is 0 Å². The molecule has 14 heteroatoms. The van der Waals surface area contributed by atoms with E-state index in [2.05, 4.69) is 27.7 Å². The summed E-state index contributed by atoms with van der Waals surface area (Å²) in [6, 6.07) is 0. The maximum absolute atomic E-state index is 11.1. The second-order valence-electron chi connectivity index (χ2n) is 18.8. The molecule has 0 aromatic carbocycles. The molecule has 0 radical (unpaired) electrons. The Morgan fingerprint density at radius 2 is 1.26 bits per heavy atom. The first-order valence-electron chi connectivity index (χ1n) is 20.4. The zero-order valence-corrected chi connectivity index (χ0v) is 31.6. The van der Waals surface area contributed by atoms with E-state index in [9.17, 15) is 40.9 Å². The molecule has 4 heterocycles. The Hall–Kier alpha value is -0.560. The van der Waals surface area contributed by atoms with E-state index in [4.69, 9.17) is 28.4 Å². The molecule has 304 valence electrons. The van der Waals surface area contributed by atoms with Crippen molar-refractivity contribution in [1.29, 1.82) is 0 Å². The molecule has 8 aliphatic rings. The third-order valence-corrected chi connectivity index (χ3v) is 16.2. The van der Waals surface area contributed by atoms with Crippen LogP contribution in [0, 0.1) is 52.3 Å². The maximum atomic E-state index is 11.1. The van der Waals surface area contributed by atoms with Gasteiger partial charge in [0.2, 0.25) is 0 Å². The summed E-state index contributed by atoms with van der Waals surface area (Å²) in [5, 5.41) is 83.5. The van der Waals surface area contributed by atoms with Gasteiger partial charge in [-0.15, -0.1) is 0 Å². The lowest BCUT2D eigenvalue weighted by Crippen LogP contribution is -2.63. The molecule has 4 saturated heterocycles. The van der Waals surface area contributed by atoms with Crippen LogP contribution in [-0.4, -0.2) is 146 Å². The molecule has 1 spiro atoms. The van der Waals surface area contributed by atoms with Gasteiger partial charge in [0.15, 0.2) is 18.4 Å². The maximum Gasteiger partial charge on any atom is 0.186 e. The Balaban J connectivity index is 1.06. The molecule has 0 unspecified atom stereocenters. The predicted octanol–water partition coefficient (Wildman–Crippen LogP) is 0.413. The van der Waals surface area contributed by atoms with Crippen molar-refractivity contribution in [3.63, 3.8) is 0 Å². The molecule has 4 aliphatic carbocycles. The molecule has 53 heavy (non-hydrogen) atoms. The SMILES string of the molecule is C[C@@H]1CC[C@@]2(OC1)O[C@@H]1C[C@H]3[C@@H]4C[C@@H](O[C@H]5O[C@@H](CO)[C@H](O)[C@@H](O)[C@@H]5O)[C@@H]5C[C@H](O[C@H]6O[C@@H](CO)[C@H](O)[C@@H](O)[C@@H]6O)CC[C@]5(C)[C@@H]4CC[C@]3(C)[C@@H]1[C@H]2C. The van der Waals surface area contributed by atoms with Crippen molar-refractivity contribution < 1.29 is 69.3 Å². The minimum absolute atomic E-state index is 0.0431. The molecule has 0 aromatic heterocycles. The van der Waals surface area contributed by atoms with Crippen molar-refractivity contribution in [2.24, 2.45) is 52.3 Å².